The molecule has 0 saturated carbocycles. The van der Waals surface area contributed by atoms with E-state index in [0.717, 1.165) is 0 Å². The fraction of sp³-hybridized carbons (Fsp3) is 0.0714. The number of ether oxygens (including phenoxy) is 1. The first-order valence-electron chi connectivity index (χ1n) is 5.88. The molecule has 0 aliphatic rings. The Morgan fingerprint density at radius 3 is 2.57 bits per heavy atom. The molecule has 0 spiro atoms. The molecule has 0 bridgehead atoms. The van der Waals surface area contributed by atoms with Gasteiger partial charge in [0.25, 0.3) is 0 Å². The van der Waals surface area contributed by atoms with Crippen LogP contribution in [0.3, 0.4) is 0 Å². The molecular formula is C14H11ClN2O4. The van der Waals surface area contributed by atoms with Crippen LogP contribution in [0.1, 0.15) is 5.56 Å². The van der Waals surface area contributed by atoms with Crippen LogP contribution < -0.4 is 4.74 Å². The van der Waals surface area contributed by atoms with Crippen molar-refractivity contribution in [1.82, 2.24) is 0 Å². The number of nitro benzene ring substituents is 1. The molecule has 2 aromatic rings. The lowest BCUT2D eigenvalue weighted by Crippen LogP contribution is -1.95. The molecule has 2 rings (SSSR count). The van der Waals surface area contributed by atoms with E-state index in [0.29, 0.717) is 16.3 Å². The predicted octanol–water partition coefficient (Wildman–Crippen LogP) is 4.02. The van der Waals surface area contributed by atoms with E-state index < -0.39 is 4.92 Å². The highest BCUT2D eigenvalue weighted by atomic mass is 35.5. The number of halogens is 1. The van der Waals surface area contributed by atoms with Crippen molar-refractivity contribution in [3.63, 3.8) is 0 Å². The Morgan fingerprint density at radius 2 is 1.95 bits per heavy atom. The van der Waals surface area contributed by atoms with Crippen molar-refractivity contribution >= 4 is 23.5 Å². The minimum absolute atomic E-state index is 0.136. The van der Waals surface area contributed by atoms with Crippen molar-refractivity contribution in [2.24, 2.45) is 5.16 Å². The van der Waals surface area contributed by atoms with E-state index >= 15 is 0 Å². The van der Waals surface area contributed by atoms with Crippen LogP contribution in [-0.2, 0) is 4.84 Å². The van der Waals surface area contributed by atoms with Crippen LogP contribution in [0.15, 0.2) is 47.6 Å². The van der Waals surface area contributed by atoms with E-state index in [9.17, 15) is 10.1 Å². The molecule has 0 fully saturated rings. The molecule has 0 aliphatic carbocycles. The smallest absolute Gasteiger partial charge is 0.312 e. The predicted molar refractivity (Wildman–Crippen MR) is 79.2 cm³/mol. The van der Waals surface area contributed by atoms with Gasteiger partial charge in [0.15, 0.2) is 0 Å². The maximum Gasteiger partial charge on any atom is 0.312 e. The number of oxime groups is 1. The summed E-state index contributed by atoms with van der Waals surface area (Å²) in [6.45, 7) is 0. The molecular weight excluding hydrogens is 296 g/mol. The zero-order chi connectivity index (χ0) is 15.2. The third kappa shape index (κ3) is 3.93. The van der Waals surface area contributed by atoms with Crippen LogP contribution >= 0.6 is 11.6 Å². The molecule has 0 N–H and O–H groups in total. The minimum Gasteiger partial charge on any atom is -0.450 e. The van der Waals surface area contributed by atoms with Crippen LogP contribution in [-0.4, -0.2) is 18.2 Å². The summed E-state index contributed by atoms with van der Waals surface area (Å²) in [5, 5.41) is 15.2. The van der Waals surface area contributed by atoms with Gasteiger partial charge in [0, 0.05) is 16.7 Å². The van der Waals surface area contributed by atoms with Gasteiger partial charge in [0.1, 0.15) is 12.9 Å². The van der Waals surface area contributed by atoms with E-state index in [2.05, 4.69) is 9.99 Å². The second-order valence-corrected chi connectivity index (χ2v) is 4.39. The number of benzene rings is 2. The monoisotopic (exact) mass is 306 g/mol. The summed E-state index contributed by atoms with van der Waals surface area (Å²) in [7, 11) is 1.39. The summed E-state index contributed by atoms with van der Waals surface area (Å²) in [5.74, 6) is 0.595. The molecule has 0 aliphatic heterocycles. The summed E-state index contributed by atoms with van der Waals surface area (Å²) < 4.78 is 5.51. The molecule has 0 unspecified atom stereocenters. The quantitative estimate of drug-likeness (QED) is 0.475. The SMILES string of the molecule is CON=Cc1ccc(Oc2ccc(Cl)cc2)c([N+](=O)[O-])c1. The van der Waals surface area contributed by atoms with Crippen molar-refractivity contribution in [3.8, 4) is 11.5 Å². The average Bonchev–Trinajstić information content (AvgIpc) is 2.48. The third-order valence-corrected chi connectivity index (χ3v) is 2.78. The Balaban J connectivity index is 2.32. The van der Waals surface area contributed by atoms with Crippen LogP contribution in [0.5, 0.6) is 11.5 Å². The summed E-state index contributed by atoms with van der Waals surface area (Å²) >= 11 is 5.78. The molecule has 0 heterocycles. The fourth-order valence-corrected chi connectivity index (χ4v) is 1.71. The average molecular weight is 307 g/mol. The molecule has 0 atom stereocenters. The Hall–Kier alpha value is -2.60. The van der Waals surface area contributed by atoms with Gasteiger partial charge in [0.05, 0.1) is 11.1 Å². The lowest BCUT2D eigenvalue weighted by Gasteiger charge is -2.06. The number of nitro groups is 1. The van der Waals surface area contributed by atoms with E-state index in [1.807, 2.05) is 0 Å². The van der Waals surface area contributed by atoms with Gasteiger partial charge < -0.3 is 9.57 Å². The Labute approximate surface area is 125 Å². The Bertz CT molecular complexity index is 671. The van der Waals surface area contributed by atoms with E-state index in [1.165, 1.54) is 25.5 Å². The normalized spacial score (nSPS) is 10.6. The van der Waals surface area contributed by atoms with Gasteiger partial charge in [-0.25, -0.2) is 0 Å². The summed E-state index contributed by atoms with van der Waals surface area (Å²) in [6, 6.07) is 11.0. The van der Waals surface area contributed by atoms with Crippen molar-refractivity contribution in [2.75, 3.05) is 7.11 Å². The van der Waals surface area contributed by atoms with Gasteiger partial charge in [-0.1, -0.05) is 16.8 Å². The van der Waals surface area contributed by atoms with Crippen molar-refractivity contribution in [3.05, 3.63) is 63.2 Å². The molecule has 0 radical (unpaired) electrons. The first-order valence-corrected chi connectivity index (χ1v) is 6.26. The summed E-state index contributed by atoms with van der Waals surface area (Å²) in [4.78, 5) is 15.1. The van der Waals surface area contributed by atoms with Crippen LogP contribution in [0.2, 0.25) is 5.02 Å². The highest BCUT2D eigenvalue weighted by Gasteiger charge is 2.16. The van der Waals surface area contributed by atoms with Crippen LogP contribution in [0.4, 0.5) is 5.69 Å². The third-order valence-electron chi connectivity index (χ3n) is 2.53. The Morgan fingerprint density at radius 1 is 1.24 bits per heavy atom. The summed E-state index contributed by atoms with van der Waals surface area (Å²) in [6.07, 6.45) is 1.37. The topological polar surface area (TPSA) is 74.0 Å². The van der Waals surface area contributed by atoms with Gasteiger partial charge in [-0.3, -0.25) is 10.1 Å². The second kappa shape index (κ2) is 6.71. The molecule has 0 saturated heterocycles. The van der Waals surface area contributed by atoms with Crippen LogP contribution in [0.25, 0.3) is 0 Å². The number of nitrogens with zero attached hydrogens (tertiary/aromatic N) is 2. The van der Waals surface area contributed by atoms with Crippen molar-refractivity contribution in [2.45, 2.75) is 0 Å². The molecule has 2 aromatic carbocycles. The standard InChI is InChI=1S/C14H11ClN2O4/c1-20-16-9-10-2-7-14(13(8-10)17(18)19)21-12-5-3-11(15)4-6-12/h2-9H,1H3. The molecule has 21 heavy (non-hydrogen) atoms. The number of hydrogen-bond acceptors (Lipinski definition) is 5. The van der Waals surface area contributed by atoms with E-state index in [4.69, 9.17) is 16.3 Å². The highest BCUT2D eigenvalue weighted by molar-refractivity contribution is 6.30. The van der Waals surface area contributed by atoms with Gasteiger partial charge >= 0.3 is 5.69 Å². The lowest BCUT2D eigenvalue weighted by molar-refractivity contribution is -0.385. The van der Waals surface area contributed by atoms with Gasteiger partial charge in [0.2, 0.25) is 5.75 Å². The zero-order valence-electron chi connectivity index (χ0n) is 11.0. The molecule has 0 amide bonds. The highest BCUT2D eigenvalue weighted by Crippen LogP contribution is 2.32. The van der Waals surface area contributed by atoms with Crippen LogP contribution in [0, 0.1) is 10.1 Å². The number of hydrogen-bond donors (Lipinski definition) is 0. The zero-order valence-corrected chi connectivity index (χ0v) is 11.8. The van der Waals surface area contributed by atoms with Gasteiger partial charge in [-0.15, -0.1) is 0 Å². The molecule has 108 valence electrons. The van der Waals surface area contributed by atoms with E-state index in [1.54, 1.807) is 30.3 Å². The van der Waals surface area contributed by atoms with Crippen molar-refractivity contribution in [1.29, 1.82) is 0 Å². The first kappa shape index (κ1) is 14.8. The largest absolute Gasteiger partial charge is 0.450 e. The fourth-order valence-electron chi connectivity index (χ4n) is 1.59. The van der Waals surface area contributed by atoms with Gasteiger partial charge in [-0.2, -0.15) is 0 Å². The lowest BCUT2D eigenvalue weighted by atomic mass is 10.2. The molecule has 6 nitrogen and oxygen atoms in total. The van der Waals surface area contributed by atoms with Gasteiger partial charge in [-0.05, 0) is 36.4 Å². The summed E-state index contributed by atoms with van der Waals surface area (Å²) in [5.41, 5.74) is 0.372. The molecule has 7 heteroatoms. The molecule has 0 aromatic heterocycles. The maximum absolute atomic E-state index is 11.1. The minimum atomic E-state index is -0.518. The second-order valence-electron chi connectivity index (χ2n) is 3.96. The first-order chi connectivity index (χ1) is 10.1. The van der Waals surface area contributed by atoms with Crippen molar-refractivity contribution < 1.29 is 14.5 Å². The Kier molecular flexibility index (Phi) is 4.73. The van der Waals surface area contributed by atoms with E-state index in [-0.39, 0.29) is 11.4 Å². The maximum atomic E-state index is 11.1. The number of rotatable bonds is 5.